The highest BCUT2D eigenvalue weighted by Crippen LogP contribution is 2.68. The molecule has 1 atom stereocenters. The Morgan fingerprint density at radius 3 is 2.16 bits per heavy atom. The number of nitrogens with zero attached hydrogens (tertiary/aromatic N) is 2. The minimum Gasteiger partial charge on any atom is -0.409 e. The summed E-state index contributed by atoms with van der Waals surface area (Å²) in [6.45, 7) is 13.5. The molecule has 5 heteroatoms. The van der Waals surface area contributed by atoms with Crippen molar-refractivity contribution in [2.75, 3.05) is 13.1 Å². The molecule has 1 fully saturated rings. The van der Waals surface area contributed by atoms with Crippen molar-refractivity contribution in [2.45, 2.75) is 41.5 Å². The van der Waals surface area contributed by atoms with Crippen LogP contribution < -0.4 is 5.73 Å². The lowest BCUT2D eigenvalue weighted by Gasteiger charge is -2.25. The van der Waals surface area contributed by atoms with Crippen LogP contribution in [0, 0.1) is 22.7 Å². The van der Waals surface area contributed by atoms with Gasteiger partial charge < -0.3 is 15.8 Å². The van der Waals surface area contributed by atoms with E-state index >= 15 is 0 Å². The van der Waals surface area contributed by atoms with Gasteiger partial charge >= 0.3 is 0 Å². The van der Waals surface area contributed by atoms with Crippen molar-refractivity contribution in [1.82, 2.24) is 4.90 Å². The smallest absolute Gasteiger partial charge is 0.226 e. The molecule has 1 saturated carbocycles. The molecule has 0 heterocycles. The first-order valence-corrected chi connectivity index (χ1v) is 6.87. The predicted molar refractivity (Wildman–Crippen MR) is 75.9 cm³/mol. The molecule has 0 aromatic rings. The van der Waals surface area contributed by atoms with Crippen LogP contribution in [0.15, 0.2) is 5.16 Å². The van der Waals surface area contributed by atoms with Gasteiger partial charge in [-0.3, -0.25) is 4.79 Å². The summed E-state index contributed by atoms with van der Waals surface area (Å²) in [6.07, 6.45) is 0. The molecule has 0 aromatic carbocycles. The van der Waals surface area contributed by atoms with Crippen LogP contribution in [-0.4, -0.2) is 34.9 Å². The third-order valence-electron chi connectivity index (χ3n) is 5.08. The lowest BCUT2D eigenvalue weighted by atomic mass is 10.0. The van der Waals surface area contributed by atoms with Crippen LogP contribution in [-0.2, 0) is 4.79 Å². The SMILES string of the molecule is CCN(CC(C)C(N)=NO)C(=O)C1C(C)(C)C1(C)C. The van der Waals surface area contributed by atoms with Crippen molar-refractivity contribution in [2.24, 2.45) is 33.6 Å². The lowest BCUT2D eigenvalue weighted by Crippen LogP contribution is -2.40. The van der Waals surface area contributed by atoms with Crippen LogP contribution in [0.25, 0.3) is 0 Å². The summed E-state index contributed by atoms with van der Waals surface area (Å²) in [7, 11) is 0. The predicted octanol–water partition coefficient (Wildman–Crippen LogP) is 1.90. The number of nitrogens with two attached hydrogens (primary N) is 1. The molecule has 0 aromatic heterocycles. The zero-order valence-corrected chi connectivity index (χ0v) is 12.9. The van der Waals surface area contributed by atoms with E-state index in [1.807, 2.05) is 18.7 Å². The maximum absolute atomic E-state index is 12.6. The van der Waals surface area contributed by atoms with E-state index in [1.165, 1.54) is 0 Å². The van der Waals surface area contributed by atoms with Crippen LogP contribution in [0.4, 0.5) is 0 Å². The van der Waals surface area contributed by atoms with Crippen LogP contribution in [0.2, 0.25) is 0 Å². The molecule has 0 saturated heterocycles. The van der Waals surface area contributed by atoms with Gasteiger partial charge in [-0.2, -0.15) is 0 Å². The van der Waals surface area contributed by atoms with Crippen molar-refractivity contribution >= 4 is 11.7 Å². The normalized spacial score (nSPS) is 22.9. The van der Waals surface area contributed by atoms with Gasteiger partial charge in [-0.15, -0.1) is 0 Å². The standard InChI is InChI=1S/C14H27N3O2/c1-7-17(8-9(2)11(15)16-19)12(18)10-13(3,4)14(10,5)6/h9-10,19H,7-8H2,1-6H3,(H2,15,16). The molecule has 1 unspecified atom stereocenters. The highest BCUT2D eigenvalue weighted by molar-refractivity contribution is 5.86. The number of hydrogen-bond acceptors (Lipinski definition) is 3. The molecular formula is C14H27N3O2. The number of oxime groups is 1. The highest BCUT2D eigenvalue weighted by Gasteiger charge is 2.68. The largest absolute Gasteiger partial charge is 0.409 e. The van der Waals surface area contributed by atoms with Gasteiger partial charge in [0.05, 0.1) is 0 Å². The zero-order valence-electron chi connectivity index (χ0n) is 12.9. The van der Waals surface area contributed by atoms with Gasteiger partial charge in [0.25, 0.3) is 0 Å². The lowest BCUT2D eigenvalue weighted by molar-refractivity contribution is -0.134. The van der Waals surface area contributed by atoms with Crippen molar-refractivity contribution in [3.05, 3.63) is 0 Å². The monoisotopic (exact) mass is 269 g/mol. The zero-order chi connectivity index (χ0) is 15.0. The van der Waals surface area contributed by atoms with E-state index in [4.69, 9.17) is 10.9 Å². The third-order valence-corrected chi connectivity index (χ3v) is 5.08. The first kappa shape index (κ1) is 15.8. The molecule has 5 nitrogen and oxygen atoms in total. The second-order valence-electron chi connectivity index (χ2n) is 6.68. The summed E-state index contributed by atoms with van der Waals surface area (Å²) < 4.78 is 0. The number of hydrogen-bond donors (Lipinski definition) is 2. The summed E-state index contributed by atoms with van der Waals surface area (Å²) in [5.74, 6) is 0.258. The molecule has 0 radical (unpaired) electrons. The summed E-state index contributed by atoms with van der Waals surface area (Å²) in [5, 5.41) is 11.7. The van der Waals surface area contributed by atoms with Crippen molar-refractivity contribution in [3.63, 3.8) is 0 Å². The Kier molecular flexibility index (Phi) is 4.17. The molecule has 0 aliphatic heterocycles. The molecule has 0 spiro atoms. The van der Waals surface area contributed by atoms with Gasteiger partial charge in [-0.1, -0.05) is 39.8 Å². The topological polar surface area (TPSA) is 78.9 Å². The Labute approximate surface area is 115 Å². The summed E-state index contributed by atoms with van der Waals surface area (Å²) in [6, 6.07) is 0. The van der Waals surface area contributed by atoms with Crippen LogP contribution in [0.5, 0.6) is 0 Å². The highest BCUT2D eigenvalue weighted by atomic mass is 16.4. The minimum absolute atomic E-state index is 0.0390. The summed E-state index contributed by atoms with van der Waals surface area (Å²) in [4.78, 5) is 14.4. The van der Waals surface area contributed by atoms with Gasteiger partial charge in [0.2, 0.25) is 5.91 Å². The van der Waals surface area contributed by atoms with Gasteiger partial charge in [-0.25, -0.2) is 0 Å². The van der Waals surface area contributed by atoms with E-state index in [9.17, 15) is 4.79 Å². The number of carbonyl (C=O) groups is 1. The molecule has 1 rings (SSSR count). The number of amidine groups is 1. The molecule has 0 bridgehead atoms. The Bertz CT molecular complexity index is 374. The van der Waals surface area contributed by atoms with E-state index < -0.39 is 0 Å². The first-order chi connectivity index (χ1) is 8.61. The number of carbonyl (C=O) groups excluding carboxylic acids is 1. The molecule has 19 heavy (non-hydrogen) atoms. The van der Waals surface area contributed by atoms with Crippen LogP contribution >= 0.6 is 0 Å². The fraction of sp³-hybridized carbons (Fsp3) is 0.857. The average molecular weight is 269 g/mol. The Hall–Kier alpha value is -1.26. The quantitative estimate of drug-likeness (QED) is 0.346. The maximum atomic E-state index is 12.6. The van der Waals surface area contributed by atoms with E-state index in [1.54, 1.807) is 0 Å². The van der Waals surface area contributed by atoms with Gasteiger partial charge in [0, 0.05) is 24.9 Å². The van der Waals surface area contributed by atoms with E-state index in [0.29, 0.717) is 13.1 Å². The van der Waals surface area contributed by atoms with Gasteiger partial charge in [-0.05, 0) is 17.8 Å². The van der Waals surface area contributed by atoms with E-state index in [0.717, 1.165) is 0 Å². The van der Waals surface area contributed by atoms with Crippen molar-refractivity contribution in [1.29, 1.82) is 0 Å². The molecule has 3 N–H and O–H groups in total. The van der Waals surface area contributed by atoms with E-state index in [2.05, 4.69) is 32.9 Å². The third kappa shape index (κ3) is 2.55. The Morgan fingerprint density at radius 2 is 1.84 bits per heavy atom. The molecule has 1 amide bonds. The molecule has 110 valence electrons. The van der Waals surface area contributed by atoms with Crippen LogP contribution in [0.1, 0.15) is 41.5 Å². The Morgan fingerprint density at radius 1 is 1.37 bits per heavy atom. The van der Waals surface area contributed by atoms with E-state index in [-0.39, 0.29) is 34.4 Å². The second kappa shape index (κ2) is 5.02. The molecular weight excluding hydrogens is 242 g/mol. The fourth-order valence-corrected chi connectivity index (χ4v) is 2.89. The maximum Gasteiger partial charge on any atom is 0.226 e. The average Bonchev–Trinajstić information content (AvgIpc) is 2.74. The van der Waals surface area contributed by atoms with Crippen molar-refractivity contribution < 1.29 is 10.0 Å². The molecule has 1 aliphatic carbocycles. The van der Waals surface area contributed by atoms with Crippen LogP contribution in [0.3, 0.4) is 0 Å². The molecule has 1 aliphatic rings. The minimum atomic E-state index is -0.140. The Balaban J connectivity index is 2.75. The van der Waals surface area contributed by atoms with Gasteiger partial charge in [0.1, 0.15) is 5.84 Å². The fourth-order valence-electron chi connectivity index (χ4n) is 2.89. The van der Waals surface area contributed by atoms with Crippen molar-refractivity contribution in [3.8, 4) is 0 Å². The second-order valence-corrected chi connectivity index (χ2v) is 6.68. The van der Waals surface area contributed by atoms with Gasteiger partial charge in [0.15, 0.2) is 0 Å². The number of amides is 1. The first-order valence-electron chi connectivity index (χ1n) is 6.87. The summed E-state index contributed by atoms with van der Waals surface area (Å²) in [5.41, 5.74) is 5.66. The number of rotatable bonds is 5. The summed E-state index contributed by atoms with van der Waals surface area (Å²) >= 11 is 0.